The Morgan fingerprint density at radius 3 is 2.18 bits per heavy atom. The van der Waals surface area contributed by atoms with Gasteiger partial charge in [-0.25, -0.2) is 4.79 Å². The van der Waals surface area contributed by atoms with Gasteiger partial charge in [0, 0.05) is 6.54 Å². The van der Waals surface area contributed by atoms with E-state index in [1.807, 2.05) is 13.8 Å². The van der Waals surface area contributed by atoms with E-state index in [0.717, 1.165) is 0 Å². The minimum absolute atomic E-state index is 0.0991. The van der Waals surface area contributed by atoms with Gasteiger partial charge in [0.15, 0.2) is 5.78 Å². The Hall–Kier alpha value is -2.36. The van der Waals surface area contributed by atoms with Crippen LogP contribution in [0, 0.1) is 5.92 Å². The van der Waals surface area contributed by atoms with Crippen LogP contribution >= 0.6 is 11.6 Å². The molecule has 1 fully saturated rings. The largest absolute Gasteiger partial charge is 0.444 e. The van der Waals surface area contributed by atoms with Crippen molar-refractivity contribution in [1.82, 2.24) is 20.9 Å². The molecule has 1 saturated heterocycles. The molecule has 0 aromatic rings. The minimum Gasteiger partial charge on any atom is -0.444 e. The normalized spacial score (nSPS) is 19.4. The van der Waals surface area contributed by atoms with Gasteiger partial charge in [0.25, 0.3) is 0 Å². The lowest BCUT2D eigenvalue weighted by Gasteiger charge is -2.30. The van der Waals surface area contributed by atoms with Gasteiger partial charge in [-0.3, -0.25) is 19.2 Å². The molecule has 1 aliphatic rings. The summed E-state index contributed by atoms with van der Waals surface area (Å²) < 4.78 is 5.13. The van der Waals surface area contributed by atoms with Gasteiger partial charge < -0.3 is 25.6 Å². The number of amides is 4. The van der Waals surface area contributed by atoms with E-state index in [-0.39, 0.29) is 17.6 Å². The van der Waals surface area contributed by atoms with Gasteiger partial charge in [-0.1, -0.05) is 20.3 Å². The molecule has 194 valence electrons. The summed E-state index contributed by atoms with van der Waals surface area (Å²) in [5, 5.41) is 7.77. The fourth-order valence-electron chi connectivity index (χ4n) is 3.61. The second kappa shape index (κ2) is 12.9. The molecule has 34 heavy (non-hydrogen) atoms. The summed E-state index contributed by atoms with van der Waals surface area (Å²) in [4.78, 5) is 64.0. The summed E-state index contributed by atoms with van der Waals surface area (Å²) in [7, 11) is 0. The van der Waals surface area contributed by atoms with Gasteiger partial charge in [-0.2, -0.15) is 0 Å². The number of likely N-dealkylation sites (tertiary alicyclic amines) is 1. The molecule has 0 aromatic heterocycles. The van der Waals surface area contributed by atoms with Crippen LogP contribution in [0.1, 0.15) is 67.7 Å². The predicted molar refractivity (Wildman–Crippen MR) is 128 cm³/mol. The van der Waals surface area contributed by atoms with Crippen LogP contribution in [0.25, 0.3) is 0 Å². The monoisotopic (exact) mass is 502 g/mol. The molecular weight excluding hydrogens is 464 g/mol. The zero-order chi connectivity index (χ0) is 26.2. The Balaban J connectivity index is 2.76. The Labute approximate surface area is 206 Å². The number of nitrogens with zero attached hydrogens (tertiary/aromatic N) is 1. The molecule has 0 saturated carbocycles. The fourth-order valence-corrected chi connectivity index (χ4v) is 3.78. The highest BCUT2D eigenvalue weighted by molar-refractivity contribution is 6.28. The summed E-state index contributed by atoms with van der Waals surface area (Å²) in [6.07, 6.45) is 1.02. The number of hydrogen-bond acceptors (Lipinski definition) is 6. The van der Waals surface area contributed by atoms with E-state index in [0.29, 0.717) is 25.8 Å². The molecule has 1 aliphatic heterocycles. The highest BCUT2D eigenvalue weighted by atomic mass is 35.5. The van der Waals surface area contributed by atoms with Gasteiger partial charge >= 0.3 is 6.09 Å². The Morgan fingerprint density at radius 1 is 1.03 bits per heavy atom. The number of hydrogen-bond donors (Lipinski definition) is 3. The number of ketones is 1. The van der Waals surface area contributed by atoms with Crippen molar-refractivity contribution in [3.8, 4) is 0 Å². The molecule has 0 radical (unpaired) electrons. The van der Waals surface area contributed by atoms with Crippen molar-refractivity contribution < 1.29 is 28.7 Å². The van der Waals surface area contributed by atoms with Crippen molar-refractivity contribution in [2.24, 2.45) is 5.92 Å². The average molecular weight is 503 g/mol. The molecular formula is C23H39ClN4O6. The maximum atomic E-state index is 13.0. The van der Waals surface area contributed by atoms with E-state index < -0.39 is 53.6 Å². The molecule has 0 bridgehead atoms. The number of carbonyl (C=O) groups is 5. The highest BCUT2D eigenvalue weighted by Gasteiger charge is 2.38. The molecule has 0 aromatic carbocycles. The van der Waals surface area contributed by atoms with Crippen LogP contribution in [-0.4, -0.2) is 76.7 Å². The zero-order valence-corrected chi connectivity index (χ0v) is 22.0. The Morgan fingerprint density at radius 2 is 1.65 bits per heavy atom. The maximum absolute atomic E-state index is 13.0. The fraction of sp³-hybridized carbons (Fsp3) is 0.783. The van der Waals surface area contributed by atoms with Crippen LogP contribution in [-0.2, 0) is 23.9 Å². The number of carbonyl (C=O) groups excluding carboxylic acids is 5. The molecule has 11 heteroatoms. The number of Topliss-reactive ketones (excluding diaryl/α,β-unsaturated/α-hetero) is 1. The first kappa shape index (κ1) is 29.7. The SMILES string of the molecule is CC[C@H](C)[C@H](NC(=O)[C@@H]1CCCN1C(=O)[C@H](C)NC(=O)[C@H](C)NC(=O)OC(C)(C)C)C(=O)CCl. The van der Waals surface area contributed by atoms with Gasteiger partial charge in [0.1, 0.15) is 23.7 Å². The van der Waals surface area contributed by atoms with E-state index >= 15 is 0 Å². The van der Waals surface area contributed by atoms with Crippen molar-refractivity contribution in [2.45, 2.75) is 97.5 Å². The molecule has 0 spiro atoms. The highest BCUT2D eigenvalue weighted by Crippen LogP contribution is 2.20. The molecule has 10 nitrogen and oxygen atoms in total. The molecule has 4 amide bonds. The van der Waals surface area contributed by atoms with E-state index in [1.165, 1.54) is 18.7 Å². The predicted octanol–water partition coefficient (Wildman–Crippen LogP) is 1.73. The molecule has 1 heterocycles. The van der Waals surface area contributed by atoms with Crippen LogP contribution in [0.2, 0.25) is 0 Å². The maximum Gasteiger partial charge on any atom is 0.408 e. The molecule has 0 aliphatic carbocycles. The first-order chi connectivity index (χ1) is 15.7. The van der Waals surface area contributed by atoms with Gasteiger partial charge in [0.2, 0.25) is 17.7 Å². The van der Waals surface area contributed by atoms with E-state index in [4.69, 9.17) is 16.3 Å². The quantitative estimate of drug-likeness (QED) is 0.389. The minimum atomic E-state index is -0.930. The summed E-state index contributed by atoms with van der Waals surface area (Å²) in [5.74, 6) is -1.96. The number of nitrogens with one attached hydrogen (secondary N) is 3. The van der Waals surface area contributed by atoms with Crippen molar-refractivity contribution in [3.05, 3.63) is 0 Å². The summed E-state index contributed by atoms with van der Waals surface area (Å²) in [6, 6.07) is -3.30. The lowest BCUT2D eigenvalue weighted by atomic mass is 9.95. The van der Waals surface area contributed by atoms with Crippen LogP contribution < -0.4 is 16.0 Å². The topological polar surface area (TPSA) is 134 Å². The van der Waals surface area contributed by atoms with Gasteiger partial charge in [0.05, 0.1) is 11.9 Å². The van der Waals surface area contributed by atoms with Crippen LogP contribution in [0.15, 0.2) is 0 Å². The summed E-state index contributed by atoms with van der Waals surface area (Å²) in [5.41, 5.74) is -0.711. The molecule has 3 N–H and O–H groups in total. The molecule has 1 rings (SSSR count). The van der Waals surface area contributed by atoms with Gasteiger partial charge in [-0.05, 0) is 53.4 Å². The number of rotatable bonds is 10. The van der Waals surface area contributed by atoms with E-state index in [1.54, 1.807) is 20.8 Å². The van der Waals surface area contributed by atoms with Crippen molar-refractivity contribution >= 4 is 41.2 Å². The lowest BCUT2D eigenvalue weighted by molar-refractivity contribution is -0.142. The van der Waals surface area contributed by atoms with E-state index in [9.17, 15) is 24.0 Å². The number of halogens is 1. The first-order valence-corrected chi connectivity index (χ1v) is 12.2. The number of ether oxygens (including phenoxy) is 1. The lowest BCUT2D eigenvalue weighted by Crippen LogP contribution is -2.57. The van der Waals surface area contributed by atoms with Crippen molar-refractivity contribution in [2.75, 3.05) is 12.4 Å². The third kappa shape index (κ3) is 8.77. The molecule has 0 unspecified atom stereocenters. The zero-order valence-electron chi connectivity index (χ0n) is 21.2. The molecule has 5 atom stereocenters. The second-order valence-electron chi connectivity index (χ2n) is 9.76. The number of alkyl carbamates (subject to hydrolysis) is 1. The van der Waals surface area contributed by atoms with Gasteiger partial charge in [-0.15, -0.1) is 11.6 Å². The van der Waals surface area contributed by atoms with Crippen LogP contribution in [0.5, 0.6) is 0 Å². The average Bonchev–Trinajstić information content (AvgIpc) is 3.24. The summed E-state index contributed by atoms with van der Waals surface area (Å²) in [6.45, 7) is 12.3. The Kier molecular flexibility index (Phi) is 11.3. The second-order valence-corrected chi connectivity index (χ2v) is 10.0. The van der Waals surface area contributed by atoms with Crippen molar-refractivity contribution in [3.63, 3.8) is 0 Å². The third-order valence-corrected chi connectivity index (χ3v) is 5.95. The van der Waals surface area contributed by atoms with Crippen molar-refractivity contribution in [1.29, 1.82) is 0 Å². The third-order valence-electron chi connectivity index (χ3n) is 5.68. The standard InChI is InChI=1S/C23H39ClN4O6/c1-8-13(2)18(17(29)12-24)27-20(31)16-10-9-11-28(16)21(32)15(4)25-19(30)14(3)26-22(33)34-23(5,6)7/h13-16,18H,8-12H2,1-7H3,(H,25,30)(H,26,33)(H,27,31)/t13-,14-,15-,16-,18-/m0/s1. The smallest absolute Gasteiger partial charge is 0.408 e. The van der Waals surface area contributed by atoms with E-state index in [2.05, 4.69) is 16.0 Å². The van der Waals surface area contributed by atoms with Crippen LogP contribution in [0.4, 0.5) is 4.79 Å². The number of alkyl halides is 1. The summed E-state index contributed by atoms with van der Waals surface area (Å²) >= 11 is 5.71. The Bertz CT molecular complexity index is 769. The van der Waals surface area contributed by atoms with Crippen LogP contribution in [0.3, 0.4) is 0 Å². The first-order valence-electron chi connectivity index (χ1n) is 11.7.